The van der Waals surface area contributed by atoms with E-state index in [-0.39, 0.29) is 11.0 Å². The monoisotopic (exact) mass is 561 g/mol. The van der Waals surface area contributed by atoms with E-state index in [0.29, 0.717) is 30.1 Å². The van der Waals surface area contributed by atoms with Crippen molar-refractivity contribution in [3.05, 3.63) is 93.6 Å². The largest absolute Gasteiger partial charge is 0.490 e. The van der Waals surface area contributed by atoms with Crippen LogP contribution in [0.3, 0.4) is 0 Å². The van der Waals surface area contributed by atoms with Crippen molar-refractivity contribution in [3.63, 3.8) is 0 Å². The third-order valence-corrected chi connectivity index (χ3v) is 5.24. The normalized spacial score (nSPS) is 10.0. The number of carbonyl (C=O) groups is 2. The molecule has 3 aromatic carbocycles. The van der Waals surface area contributed by atoms with E-state index >= 15 is 0 Å². The molecule has 0 aliphatic rings. The van der Waals surface area contributed by atoms with Gasteiger partial charge < -0.3 is 9.47 Å². The van der Waals surface area contributed by atoms with Crippen LogP contribution in [0.15, 0.2) is 78.9 Å². The molecule has 0 spiro atoms. The van der Waals surface area contributed by atoms with Crippen LogP contribution in [0.1, 0.15) is 20.7 Å². The van der Waals surface area contributed by atoms with Crippen LogP contribution in [0.4, 0.5) is 0 Å². The molecule has 0 heterocycles. The van der Waals surface area contributed by atoms with Gasteiger partial charge in [0.2, 0.25) is 0 Å². The average Bonchev–Trinajstić information content (AvgIpc) is 2.81. The number of hydrazine groups is 1. The Labute approximate surface area is 204 Å². The number of hydrogen-bond acceptors (Lipinski definition) is 5. The Bertz CT molecular complexity index is 1100. The van der Waals surface area contributed by atoms with Crippen LogP contribution in [-0.4, -0.2) is 30.1 Å². The first-order chi connectivity index (χ1) is 15.5. The maximum Gasteiger partial charge on any atom is 0.270 e. The Morgan fingerprint density at radius 2 is 1.44 bits per heavy atom. The number of ether oxygens (including phenoxy) is 2. The average molecular weight is 561 g/mol. The van der Waals surface area contributed by atoms with E-state index in [1.165, 1.54) is 0 Å². The van der Waals surface area contributed by atoms with Crippen molar-refractivity contribution in [1.29, 1.82) is 0 Å². The smallest absolute Gasteiger partial charge is 0.270 e. The molecule has 164 valence electrons. The summed E-state index contributed by atoms with van der Waals surface area (Å²) in [6, 6.07) is 23.2. The van der Waals surface area contributed by atoms with Crippen molar-refractivity contribution in [2.75, 3.05) is 13.2 Å². The minimum atomic E-state index is -0.433. The fourth-order valence-electron chi connectivity index (χ4n) is 2.60. The van der Waals surface area contributed by atoms with Gasteiger partial charge in [0, 0.05) is 9.13 Å². The Balaban J connectivity index is 1.44. The minimum absolute atomic E-state index is 0.0307. The van der Waals surface area contributed by atoms with Crippen LogP contribution >= 0.6 is 34.8 Å². The summed E-state index contributed by atoms with van der Waals surface area (Å²) in [4.78, 5) is 24.7. The quantitative estimate of drug-likeness (QED) is 0.177. The zero-order valence-electron chi connectivity index (χ0n) is 16.8. The van der Waals surface area contributed by atoms with E-state index < -0.39 is 5.91 Å². The zero-order valence-corrected chi connectivity index (χ0v) is 19.8. The summed E-state index contributed by atoms with van der Waals surface area (Å²) in [6.45, 7) is 0.693. The Morgan fingerprint density at radius 1 is 0.781 bits per heavy atom. The molecule has 0 aliphatic carbocycles. The second-order valence-electron chi connectivity index (χ2n) is 6.38. The summed E-state index contributed by atoms with van der Waals surface area (Å²) < 4.78 is 12.0. The van der Waals surface area contributed by atoms with Gasteiger partial charge >= 0.3 is 0 Å². The lowest BCUT2D eigenvalue weighted by atomic mass is 10.2. The van der Waals surface area contributed by atoms with Gasteiger partial charge in [-0.25, -0.2) is 0 Å². The summed E-state index contributed by atoms with van der Waals surface area (Å²) in [7, 11) is 0. The molecule has 0 atom stereocenters. The van der Waals surface area contributed by atoms with Crippen molar-refractivity contribution in [2.45, 2.75) is 0 Å². The first-order valence-corrected chi connectivity index (χ1v) is 11.1. The molecule has 3 aromatic rings. The maximum absolute atomic E-state index is 12.5. The summed E-state index contributed by atoms with van der Waals surface area (Å²) in [6.07, 6.45) is 0. The number of benzene rings is 3. The molecule has 0 aromatic heterocycles. The molecule has 0 fully saturated rings. The van der Waals surface area contributed by atoms with Crippen molar-refractivity contribution in [1.82, 2.24) is 16.2 Å². The highest BCUT2D eigenvalue weighted by atomic mass is 127. The Kier molecular flexibility index (Phi) is 8.81. The molecular formula is C23H20IN3O4S. The van der Waals surface area contributed by atoms with Crippen LogP contribution in [0.5, 0.6) is 11.5 Å². The highest BCUT2D eigenvalue weighted by Crippen LogP contribution is 2.14. The molecule has 2 amide bonds. The van der Waals surface area contributed by atoms with Gasteiger partial charge in [-0.05, 0) is 77.3 Å². The fourth-order valence-corrected chi connectivity index (χ4v) is 3.37. The topological polar surface area (TPSA) is 88.7 Å². The van der Waals surface area contributed by atoms with Gasteiger partial charge in [0.15, 0.2) is 5.11 Å². The molecule has 7 nitrogen and oxygen atoms in total. The summed E-state index contributed by atoms with van der Waals surface area (Å²) in [5.41, 5.74) is 5.85. The molecule has 3 N–H and O–H groups in total. The number of hydrogen-bond donors (Lipinski definition) is 3. The van der Waals surface area contributed by atoms with E-state index in [1.54, 1.807) is 36.4 Å². The van der Waals surface area contributed by atoms with Crippen LogP contribution in [0.25, 0.3) is 0 Å². The van der Waals surface area contributed by atoms with Crippen LogP contribution < -0.4 is 25.6 Å². The van der Waals surface area contributed by atoms with E-state index in [2.05, 4.69) is 38.8 Å². The van der Waals surface area contributed by atoms with Gasteiger partial charge in [-0.2, -0.15) is 0 Å². The lowest BCUT2D eigenvalue weighted by molar-refractivity contribution is 0.0934. The van der Waals surface area contributed by atoms with Crippen molar-refractivity contribution >= 4 is 51.7 Å². The van der Waals surface area contributed by atoms with E-state index in [9.17, 15) is 9.59 Å². The lowest BCUT2D eigenvalue weighted by Gasteiger charge is -2.12. The number of halogens is 1. The van der Waals surface area contributed by atoms with Gasteiger partial charge in [-0.15, -0.1) is 0 Å². The number of carbonyl (C=O) groups excluding carboxylic acids is 2. The minimum Gasteiger partial charge on any atom is -0.490 e. The van der Waals surface area contributed by atoms with Crippen LogP contribution in [-0.2, 0) is 0 Å². The SMILES string of the molecule is O=C(NC(=S)NNC(=O)c1ccccc1I)c1cccc(OCCOc2ccccc2)c1. The van der Waals surface area contributed by atoms with Crippen molar-refractivity contribution in [2.24, 2.45) is 0 Å². The molecular weight excluding hydrogens is 541 g/mol. The maximum atomic E-state index is 12.5. The zero-order chi connectivity index (χ0) is 22.8. The first kappa shape index (κ1) is 23.5. The summed E-state index contributed by atoms with van der Waals surface area (Å²) in [5, 5.41) is 2.49. The van der Waals surface area contributed by atoms with Crippen LogP contribution in [0, 0.1) is 3.57 Å². The third-order valence-electron chi connectivity index (χ3n) is 4.10. The summed E-state index contributed by atoms with van der Waals surface area (Å²) >= 11 is 7.16. The Morgan fingerprint density at radius 3 is 2.19 bits per heavy atom. The lowest BCUT2D eigenvalue weighted by Crippen LogP contribution is -2.48. The highest BCUT2D eigenvalue weighted by molar-refractivity contribution is 14.1. The standard InChI is InChI=1S/C23H20IN3O4S/c24-20-12-5-4-11-19(20)22(29)26-27-23(32)25-21(28)16-7-6-10-18(15-16)31-14-13-30-17-8-2-1-3-9-17/h1-12,15H,13-14H2,(H,26,29)(H2,25,27,28,32). The fraction of sp³-hybridized carbons (Fsp3) is 0.0870. The third kappa shape index (κ3) is 7.20. The molecule has 0 bridgehead atoms. The Hall–Kier alpha value is -3.18. The van der Waals surface area contributed by atoms with Crippen LogP contribution in [0.2, 0.25) is 0 Å². The number of thiocarbonyl (C=S) groups is 1. The molecule has 0 saturated carbocycles. The summed E-state index contributed by atoms with van der Waals surface area (Å²) in [5.74, 6) is 0.496. The second-order valence-corrected chi connectivity index (χ2v) is 7.95. The van der Waals surface area contributed by atoms with E-state index in [0.717, 1.165) is 9.32 Å². The predicted molar refractivity (Wildman–Crippen MR) is 134 cm³/mol. The van der Waals surface area contributed by atoms with Gasteiger partial charge in [-0.3, -0.25) is 25.8 Å². The second kappa shape index (κ2) is 12.0. The van der Waals surface area contributed by atoms with Crippen molar-refractivity contribution < 1.29 is 19.1 Å². The predicted octanol–water partition coefficient (Wildman–Crippen LogP) is 3.70. The van der Waals surface area contributed by atoms with Gasteiger partial charge in [0.25, 0.3) is 11.8 Å². The molecule has 0 saturated heterocycles. The molecule has 0 radical (unpaired) electrons. The van der Waals surface area contributed by atoms with E-state index in [1.807, 2.05) is 42.5 Å². The molecule has 9 heteroatoms. The van der Waals surface area contributed by atoms with Gasteiger partial charge in [0.1, 0.15) is 24.7 Å². The van der Waals surface area contributed by atoms with E-state index in [4.69, 9.17) is 21.7 Å². The number of amides is 2. The highest BCUT2D eigenvalue weighted by Gasteiger charge is 2.12. The van der Waals surface area contributed by atoms with Gasteiger partial charge in [0.05, 0.1) is 5.56 Å². The molecule has 32 heavy (non-hydrogen) atoms. The molecule has 3 rings (SSSR count). The number of para-hydroxylation sites is 1. The molecule has 0 aliphatic heterocycles. The first-order valence-electron chi connectivity index (χ1n) is 9.60. The van der Waals surface area contributed by atoms with Crippen molar-refractivity contribution in [3.8, 4) is 11.5 Å². The molecule has 0 unspecified atom stereocenters. The number of nitrogens with one attached hydrogen (secondary N) is 3. The van der Waals surface area contributed by atoms with Gasteiger partial charge in [-0.1, -0.05) is 36.4 Å². The number of rotatable bonds is 7.